The predicted molar refractivity (Wildman–Crippen MR) is 64.4 cm³/mol. The number of benzene rings is 1. The van der Waals surface area contributed by atoms with Crippen LogP contribution in [0.25, 0.3) is 0 Å². The van der Waals surface area contributed by atoms with Crippen LogP contribution in [0.1, 0.15) is 43.4 Å². The van der Waals surface area contributed by atoms with E-state index in [2.05, 4.69) is 38.1 Å². The van der Waals surface area contributed by atoms with Crippen LogP contribution < -0.4 is 0 Å². The van der Waals surface area contributed by atoms with E-state index in [-0.39, 0.29) is 18.6 Å². The second-order valence-corrected chi connectivity index (χ2v) is 4.84. The summed E-state index contributed by atoms with van der Waals surface area (Å²) in [6.07, 6.45) is 1.05. The largest absolute Gasteiger partial charge is 0.396 e. The average Bonchev–Trinajstić information content (AvgIpc) is 2.77. The van der Waals surface area contributed by atoms with Gasteiger partial charge in [-0.25, -0.2) is 0 Å². The normalized spacial score (nSPS) is 25.2. The Balaban J connectivity index is 2.15. The van der Waals surface area contributed by atoms with Gasteiger partial charge in [0.25, 0.3) is 0 Å². The van der Waals surface area contributed by atoms with Crippen LogP contribution in [0.15, 0.2) is 24.3 Å². The molecule has 0 amide bonds. The molecule has 88 valence electrons. The Labute approximate surface area is 97.3 Å². The van der Waals surface area contributed by atoms with Gasteiger partial charge in [0, 0.05) is 19.1 Å². The number of aliphatic hydroxyl groups is 1. The first-order valence-corrected chi connectivity index (χ1v) is 6.04. The van der Waals surface area contributed by atoms with Crippen molar-refractivity contribution >= 4 is 0 Å². The maximum atomic E-state index is 9.26. The minimum Gasteiger partial charge on any atom is -0.396 e. The van der Waals surface area contributed by atoms with Crippen LogP contribution in [0.4, 0.5) is 0 Å². The Morgan fingerprint density at radius 1 is 1.31 bits per heavy atom. The second-order valence-electron chi connectivity index (χ2n) is 4.84. The van der Waals surface area contributed by atoms with Crippen LogP contribution in [0.3, 0.4) is 0 Å². The van der Waals surface area contributed by atoms with Gasteiger partial charge in [0.05, 0.1) is 6.10 Å². The molecule has 1 aromatic carbocycles. The molecular formula is C14H20O2. The molecule has 1 fully saturated rings. The summed E-state index contributed by atoms with van der Waals surface area (Å²) >= 11 is 0. The molecule has 2 rings (SSSR count). The first-order valence-electron chi connectivity index (χ1n) is 6.04. The van der Waals surface area contributed by atoms with Gasteiger partial charge in [-0.2, -0.15) is 0 Å². The summed E-state index contributed by atoms with van der Waals surface area (Å²) in [6, 6.07) is 8.59. The Morgan fingerprint density at radius 2 is 2.00 bits per heavy atom. The van der Waals surface area contributed by atoms with E-state index >= 15 is 0 Å². The van der Waals surface area contributed by atoms with Crippen molar-refractivity contribution in [3.63, 3.8) is 0 Å². The fraction of sp³-hybridized carbons (Fsp3) is 0.571. The molecule has 1 heterocycles. The molecule has 2 unspecified atom stereocenters. The van der Waals surface area contributed by atoms with Gasteiger partial charge in [-0.15, -0.1) is 0 Å². The van der Waals surface area contributed by atoms with Crippen molar-refractivity contribution in [3.8, 4) is 0 Å². The standard InChI is InChI=1S/C14H20O2/c1-10(2)11-3-5-12(6-4-11)14-13(9-15)7-8-16-14/h3-6,10,13-15H,7-9H2,1-2H3. The Bertz CT molecular complexity index is 329. The lowest BCUT2D eigenvalue weighted by Crippen LogP contribution is -2.11. The molecule has 0 aromatic heterocycles. The number of ether oxygens (including phenoxy) is 1. The topological polar surface area (TPSA) is 29.5 Å². The highest BCUT2D eigenvalue weighted by atomic mass is 16.5. The Morgan fingerprint density at radius 3 is 2.56 bits per heavy atom. The monoisotopic (exact) mass is 220 g/mol. The minimum atomic E-state index is 0.0891. The number of aliphatic hydroxyl groups excluding tert-OH is 1. The first kappa shape index (κ1) is 11.6. The molecule has 0 bridgehead atoms. The fourth-order valence-electron chi connectivity index (χ4n) is 2.26. The van der Waals surface area contributed by atoms with E-state index < -0.39 is 0 Å². The van der Waals surface area contributed by atoms with Crippen molar-refractivity contribution < 1.29 is 9.84 Å². The lowest BCUT2D eigenvalue weighted by atomic mass is 9.94. The Hall–Kier alpha value is -0.860. The van der Waals surface area contributed by atoms with Crippen LogP contribution in [0.2, 0.25) is 0 Å². The summed E-state index contributed by atoms with van der Waals surface area (Å²) in [4.78, 5) is 0. The summed E-state index contributed by atoms with van der Waals surface area (Å²) in [5, 5.41) is 9.26. The fourth-order valence-corrected chi connectivity index (χ4v) is 2.26. The third kappa shape index (κ3) is 2.28. The first-order chi connectivity index (χ1) is 7.72. The molecule has 0 aliphatic carbocycles. The third-order valence-electron chi connectivity index (χ3n) is 3.38. The SMILES string of the molecule is CC(C)c1ccc(C2OCCC2CO)cc1. The van der Waals surface area contributed by atoms with Crippen molar-refractivity contribution in [2.24, 2.45) is 5.92 Å². The van der Waals surface area contributed by atoms with E-state index in [9.17, 15) is 5.11 Å². The smallest absolute Gasteiger partial charge is 0.0875 e. The maximum absolute atomic E-state index is 9.26. The van der Waals surface area contributed by atoms with Gasteiger partial charge in [0.1, 0.15) is 0 Å². The van der Waals surface area contributed by atoms with E-state index in [1.165, 1.54) is 11.1 Å². The van der Waals surface area contributed by atoms with Crippen LogP contribution >= 0.6 is 0 Å². The molecule has 1 aliphatic heterocycles. The lowest BCUT2D eigenvalue weighted by molar-refractivity contribution is 0.0720. The van der Waals surface area contributed by atoms with Gasteiger partial charge in [-0.05, 0) is 23.5 Å². The molecule has 0 spiro atoms. The number of hydrogen-bond donors (Lipinski definition) is 1. The van der Waals surface area contributed by atoms with Gasteiger partial charge >= 0.3 is 0 Å². The zero-order valence-electron chi connectivity index (χ0n) is 10.0. The predicted octanol–water partition coefficient (Wildman–Crippen LogP) is 2.88. The van der Waals surface area contributed by atoms with Crippen molar-refractivity contribution in [1.82, 2.24) is 0 Å². The number of rotatable bonds is 3. The van der Waals surface area contributed by atoms with Gasteiger partial charge in [0.15, 0.2) is 0 Å². The zero-order valence-corrected chi connectivity index (χ0v) is 10.0. The van der Waals surface area contributed by atoms with Crippen molar-refractivity contribution in [2.75, 3.05) is 13.2 Å². The molecule has 16 heavy (non-hydrogen) atoms. The van der Waals surface area contributed by atoms with Crippen molar-refractivity contribution in [2.45, 2.75) is 32.3 Å². The second kappa shape index (κ2) is 4.98. The molecule has 1 N–H and O–H groups in total. The van der Waals surface area contributed by atoms with E-state index in [1.54, 1.807) is 0 Å². The molecule has 2 nitrogen and oxygen atoms in total. The molecule has 0 saturated carbocycles. The van der Waals surface area contributed by atoms with E-state index in [4.69, 9.17) is 4.74 Å². The summed E-state index contributed by atoms with van der Waals surface area (Å²) in [5.41, 5.74) is 2.54. The van der Waals surface area contributed by atoms with Crippen LogP contribution in [0, 0.1) is 5.92 Å². The van der Waals surface area contributed by atoms with Gasteiger partial charge in [0.2, 0.25) is 0 Å². The zero-order chi connectivity index (χ0) is 11.5. The summed E-state index contributed by atoms with van der Waals surface area (Å²) in [6.45, 7) is 5.37. The van der Waals surface area contributed by atoms with Gasteiger partial charge in [-0.3, -0.25) is 0 Å². The molecule has 2 heteroatoms. The Kier molecular flexibility index (Phi) is 3.62. The molecule has 1 saturated heterocycles. The quantitative estimate of drug-likeness (QED) is 0.848. The summed E-state index contributed by atoms with van der Waals surface area (Å²) < 4.78 is 5.68. The van der Waals surface area contributed by atoms with Crippen molar-refractivity contribution in [3.05, 3.63) is 35.4 Å². The molecule has 1 aromatic rings. The van der Waals surface area contributed by atoms with Gasteiger partial charge in [-0.1, -0.05) is 38.1 Å². The van der Waals surface area contributed by atoms with Crippen LogP contribution in [0.5, 0.6) is 0 Å². The maximum Gasteiger partial charge on any atom is 0.0875 e. The van der Waals surface area contributed by atoms with Gasteiger partial charge < -0.3 is 9.84 Å². The highest BCUT2D eigenvalue weighted by molar-refractivity contribution is 5.27. The van der Waals surface area contributed by atoms with E-state index in [0.717, 1.165) is 13.0 Å². The van der Waals surface area contributed by atoms with Crippen LogP contribution in [-0.4, -0.2) is 18.3 Å². The van der Waals surface area contributed by atoms with E-state index in [1.807, 2.05) is 0 Å². The highest BCUT2D eigenvalue weighted by Gasteiger charge is 2.28. The molecule has 2 atom stereocenters. The molecule has 0 radical (unpaired) electrons. The molecule has 1 aliphatic rings. The van der Waals surface area contributed by atoms with E-state index in [0.29, 0.717) is 5.92 Å². The molecular weight excluding hydrogens is 200 g/mol. The minimum absolute atomic E-state index is 0.0891. The van der Waals surface area contributed by atoms with Crippen molar-refractivity contribution in [1.29, 1.82) is 0 Å². The van der Waals surface area contributed by atoms with Crippen LogP contribution in [-0.2, 0) is 4.74 Å². The average molecular weight is 220 g/mol. The number of hydrogen-bond acceptors (Lipinski definition) is 2. The highest BCUT2D eigenvalue weighted by Crippen LogP contribution is 2.34. The third-order valence-corrected chi connectivity index (χ3v) is 3.38. The summed E-state index contributed by atoms with van der Waals surface area (Å²) in [7, 11) is 0. The summed E-state index contributed by atoms with van der Waals surface area (Å²) in [5.74, 6) is 0.831. The lowest BCUT2D eigenvalue weighted by Gasteiger charge is -2.17.